The number of hydrogen-bond acceptors (Lipinski definition) is 2. The first-order valence-corrected chi connectivity index (χ1v) is 6.61. The smallest absolute Gasteiger partial charge is 0.407 e. The van der Waals surface area contributed by atoms with Gasteiger partial charge in [0.15, 0.2) is 0 Å². The first kappa shape index (κ1) is 14.8. The highest BCUT2D eigenvalue weighted by molar-refractivity contribution is 5.68. The lowest BCUT2D eigenvalue weighted by molar-refractivity contribution is 0.0508. The van der Waals surface area contributed by atoms with Crippen molar-refractivity contribution in [2.75, 3.05) is 0 Å². The Labute approximate surface area is 110 Å². The van der Waals surface area contributed by atoms with Gasteiger partial charge in [-0.25, -0.2) is 4.79 Å². The third kappa shape index (κ3) is 5.89. The maximum Gasteiger partial charge on any atom is 0.407 e. The van der Waals surface area contributed by atoms with Gasteiger partial charge in [-0.1, -0.05) is 23.3 Å². The van der Waals surface area contributed by atoms with Crippen LogP contribution in [0.2, 0.25) is 0 Å². The zero-order valence-electron chi connectivity index (χ0n) is 12.2. The van der Waals surface area contributed by atoms with E-state index < -0.39 is 5.60 Å². The van der Waals surface area contributed by atoms with Crippen LogP contribution in [0.25, 0.3) is 0 Å². The Morgan fingerprint density at radius 1 is 1.39 bits per heavy atom. The van der Waals surface area contributed by atoms with Gasteiger partial charge in [0.1, 0.15) is 5.60 Å². The molecule has 0 radical (unpaired) electrons. The molecule has 102 valence electrons. The highest BCUT2D eigenvalue weighted by Crippen LogP contribution is 2.21. The number of hydrogen-bond donors (Lipinski definition) is 1. The van der Waals surface area contributed by atoms with Crippen molar-refractivity contribution in [3.05, 3.63) is 23.3 Å². The maximum atomic E-state index is 11.6. The van der Waals surface area contributed by atoms with Crippen molar-refractivity contribution in [1.29, 1.82) is 0 Å². The second-order valence-electron chi connectivity index (χ2n) is 6.09. The van der Waals surface area contributed by atoms with E-state index >= 15 is 0 Å². The van der Waals surface area contributed by atoms with Gasteiger partial charge in [0.25, 0.3) is 0 Å². The minimum absolute atomic E-state index is 0.109. The number of ether oxygens (including phenoxy) is 1. The van der Waals surface area contributed by atoms with E-state index in [0.29, 0.717) is 0 Å². The molecule has 1 rings (SSSR count). The Hall–Kier alpha value is -1.25. The molecule has 3 heteroatoms. The van der Waals surface area contributed by atoms with E-state index in [1.54, 1.807) is 0 Å². The quantitative estimate of drug-likeness (QED) is 0.824. The topological polar surface area (TPSA) is 38.3 Å². The van der Waals surface area contributed by atoms with Crippen molar-refractivity contribution >= 4 is 6.09 Å². The summed E-state index contributed by atoms with van der Waals surface area (Å²) in [4.78, 5) is 11.6. The molecule has 0 fully saturated rings. The minimum atomic E-state index is -0.437. The number of carbonyl (C=O) groups excluding carboxylic acids is 1. The lowest BCUT2D eigenvalue weighted by atomic mass is 9.95. The van der Waals surface area contributed by atoms with Gasteiger partial charge in [-0.2, -0.15) is 0 Å². The summed E-state index contributed by atoms with van der Waals surface area (Å²) in [6, 6.07) is 0.109. The second kappa shape index (κ2) is 6.07. The largest absolute Gasteiger partial charge is 0.444 e. The molecule has 1 N–H and O–H groups in total. The third-order valence-corrected chi connectivity index (χ3v) is 2.78. The fraction of sp³-hybridized carbons (Fsp3) is 0.667. The van der Waals surface area contributed by atoms with Crippen molar-refractivity contribution in [2.24, 2.45) is 0 Å². The molecule has 0 saturated carbocycles. The first-order chi connectivity index (χ1) is 8.26. The maximum absolute atomic E-state index is 11.6. The summed E-state index contributed by atoms with van der Waals surface area (Å²) in [5.41, 5.74) is 2.38. The van der Waals surface area contributed by atoms with E-state index in [4.69, 9.17) is 4.74 Å². The number of amides is 1. The lowest BCUT2D eigenvalue weighted by Crippen LogP contribution is -2.37. The van der Waals surface area contributed by atoms with Crippen LogP contribution in [0.1, 0.15) is 53.9 Å². The van der Waals surface area contributed by atoms with Crippen LogP contribution in [0.15, 0.2) is 23.3 Å². The van der Waals surface area contributed by atoms with Gasteiger partial charge in [-0.3, -0.25) is 0 Å². The molecule has 0 spiro atoms. The molecule has 1 atom stereocenters. The molecule has 18 heavy (non-hydrogen) atoms. The van der Waals surface area contributed by atoms with E-state index in [-0.39, 0.29) is 12.1 Å². The number of nitrogens with one attached hydrogen (secondary N) is 1. The highest BCUT2D eigenvalue weighted by Gasteiger charge is 2.18. The minimum Gasteiger partial charge on any atom is -0.444 e. The molecule has 0 saturated heterocycles. The fourth-order valence-electron chi connectivity index (χ4n) is 1.91. The zero-order valence-corrected chi connectivity index (χ0v) is 12.2. The molecule has 0 bridgehead atoms. The molecule has 0 aromatic rings. The Morgan fingerprint density at radius 2 is 2.06 bits per heavy atom. The second-order valence-corrected chi connectivity index (χ2v) is 6.09. The monoisotopic (exact) mass is 251 g/mol. The van der Waals surface area contributed by atoms with Crippen molar-refractivity contribution in [1.82, 2.24) is 5.32 Å². The summed E-state index contributed by atoms with van der Waals surface area (Å²) in [6.45, 7) is 9.77. The number of carbonyl (C=O) groups is 1. The standard InChI is InChI=1S/C15H25NO2/c1-11-6-8-13(9-7-11)10-12(2)16-14(17)18-15(3,4)5/h6,8,12H,7,9-10H2,1-5H3,(H,16,17). The molecule has 1 aliphatic carbocycles. The van der Waals surface area contributed by atoms with Crippen LogP contribution in [0.3, 0.4) is 0 Å². The lowest BCUT2D eigenvalue weighted by Gasteiger charge is -2.23. The summed E-state index contributed by atoms with van der Waals surface area (Å²) in [5, 5.41) is 2.87. The van der Waals surface area contributed by atoms with Crippen LogP contribution < -0.4 is 5.32 Å². The molecule has 0 aromatic carbocycles. The Bertz CT molecular complexity index is 361. The fourth-order valence-corrected chi connectivity index (χ4v) is 1.91. The van der Waals surface area contributed by atoms with Crippen LogP contribution in [-0.2, 0) is 4.74 Å². The van der Waals surface area contributed by atoms with Crippen LogP contribution >= 0.6 is 0 Å². The molecule has 1 amide bonds. The van der Waals surface area contributed by atoms with E-state index in [2.05, 4.69) is 24.4 Å². The normalized spacial score (nSPS) is 17.6. The summed E-state index contributed by atoms with van der Waals surface area (Å²) in [7, 11) is 0. The molecule has 3 nitrogen and oxygen atoms in total. The third-order valence-electron chi connectivity index (χ3n) is 2.78. The van der Waals surface area contributed by atoms with Gasteiger partial charge in [0.05, 0.1) is 0 Å². The molecule has 1 unspecified atom stereocenters. The molecule has 0 aliphatic heterocycles. The van der Waals surface area contributed by atoms with Crippen LogP contribution in [0, 0.1) is 0 Å². The van der Waals surface area contributed by atoms with E-state index in [1.165, 1.54) is 11.1 Å². The van der Waals surface area contributed by atoms with Crippen molar-refractivity contribution in [3.63, 3.8) is 0 Å². The van der Waals surface area contributed by atoms with Crippen LogP contribution in [0.5, 0.6) is 0 Å². The Balaban J connectivity index is 2.38. The van der Waals surface area contributed by atoms with Gasteiger partial charge in [-0.05, 0) is 53.9 Å². The Kier molecular flexibility index (Phi) is 5.00. The summed E-state index contributed by atoms with van der Waals surface area (Å²) in [6.07, 6.45) is 7.13. The molecule has 0 heterocycles. The average Bonchev–Trinajstić information content (AvgIpc) is 2.18. The molecule has 0 aromatic heterocycles. The van der Waals surface area contributed by atoms with Gasteiger partial charge in [-0.15, -0.1) is 0 Å². The van der Waals surface area contributed by atoms with E-state index in [0.717, 1.165) is 19.3 Å². The SMILES string of the molecule is CC1=CC=C(CC(C)NC(=O)OC(C)(C)C)CC1. The number of alkyl carbamates (subject to hydrolysis) is 1. The van der Waals surface area contributed by atoms with Crippen molar-refractivity contribution in [3.8, 4) is 0 Å². The van der Waals surface area contributed by atoms with Gasteiger partial charge in [0.2, 0.25) is 0 Å². The summed E-state index contributed by atoms with van der Waals surface area (Å²) in [5.74, 6) is 0. The van der Waals surface area contributed by atoms with Gasteiger partial charge >= 0.3 is 6.09 Å². The number of allylic oxidation sites excluding steroid dienone is 3. The van der Waals surface area contributed by atoms with Gasteiger partial charge in [0, 0.05) is 6.04 Å². The zero-order chi connectivity index (χ0) is 13.8. The first-order valence-electron chi connectivity index (χ1n) is 6.61. The van der Waals surface area contributed by atoms with Gasteiger partial charge < -0.3 is 10.1 Å². The summed E-state index contributed by atoms with van der Waals surface area (Å²) < 4.78 is 5.23. The van der Waals surface area contributed by atoms with Crippen LogP contribution in [0.4, 0.5) is 4.79 Å². The predicted molar refractivity (Wildman–Crippen MR) is 74.5 cm³/mol. The Morgan fingerprint density at radius 3 is 2.56 bits per heavy atom. The average molecular weight is 251 g/mol. The van der Waals surface area contributed by atoms with Crippen molar-refractivity contribution in [2.45, 2.75) is 65.5 Å². The molecular weight excluding hydrogens is 226 g/mol. The summed E-state index contributed by atoms with van der Waals surface area (Å²) >= 11 is 0. The predicted octanol–water partition coefficient (Wildman–Crippen LogP) is 3.96. The molecular formula is C15H25NO2. The van der Waals surface area contributed by atoms with Crippen LogP contribution in [-0.4, -0.2) is 17.7 Å². The highest BCUT2D eigenvalue weighted by atomic mass is 16.6. The van der Waals surface area contributed by atoms with E-state index in [1.807, 2.05) is 27.7 Å². The number of rotatable bonds is 3. The van der Waals surface area contributed by atoms with E-state index in [9.17, 15) is 4.79 Å². The van der Waals surface area contributed by atoms with Crippen molar-refractivity contribution < 1.29 is 9.53 Å². The molecule has 1 aliphatic rings.